The van der Waals surface area contributed by atoms with Crippen molar-refractivity contribution in [3.63, 3.8) is 0 Å². The minimum atomic E-state index is -0.286. The quantitative estimate of drug-likeness (QED) is 0.644. The standard InChI is InChI=1S/C25H31BrN4O2/c1-14-18-10-16(25(18,2)3)11-20(14)28-21-12-27-30(24(32)23(21)26)13-22(31)29-19-9-8-15-6-4-5-7-17(15)19/h4-7,12,14,16,18-20,28H,8-11,13H2,1-3H3,(H,29,31)/t14-,16+,18-,19?,20-/m1/s1. The summed E-state index contributed by atoms with van der Waals surface area (Å²) in [5.74, 6) is 1.80. The molecule has 170 valence electrons. The Morgan fingerprint density at radius 3 is 2.81 bits per heavy atom. The summed E-state index contributed by atoms with van der Waals surface area (Å²) in [5.41, 5.74) is 3.30. The van der Waals surface area contributed by atoms with Gasteiger partial charge in [-0.3, -0.25) is 9.59 Å². The molecule has 6 rings (SSSR count). The Hall–Kier alpha value is -2.15. The first-order valence-corrected chi connectivity index (χ1v) is 12.4. The van der Waals surface area contributed by atoms with E-state index in [-0.39, 0.29) is 24.1 Å². The topological polar surface area (TPSA) is 76.0 Å². The zero-order valence-electron chi connectivity index (χ0n) is 18.9. The van der Waals surface area contributed by atoms with Gasteiger partial charge in [0.25, 0.3) is 5.56 Å². The molecule has 1 amide bonds. The number of amides is 1. The maximum atomic E-state index is 12.9. The van der Waals surface area contributed by atoms with Crippen molar-refractivity contribution >= 4 is 27.5 Å². The SMILES string of the molecule is C[C@@H]1[C@H]2C[C@@H](C[C@H]1Nc1cnn(CC(=O)NC3CCc4ccccc43)c(=O)c1Br)C2(C)C. The van der Waals surface area contributed by atoms with Gasteiger partial charge in [0.05, 0.1) is 17.9 Å². The Bertz CT molecular complexity index is 1110. The lowest BCUT2D eigenvalue weighted by Crippen LogP contribution is -2.58. The van der Waals surface area contributed by atoms with Crippen LogP contribution < -0.4 is 16.2 Å². The maximum absolute atomic E-state index is 12.9. The summed E-state index contributed by atoms with van der Waals surface area (Å²) in [6.45, 7) is 6.99. The van der Waals surface area contributed by atoms with Gasteiger partial charge in [-0.15, -0.1) is 0 Å². The molecule has 3 saturated carbocycles. The summed E-state index contributed by atoms with van der Waals surface area (Å²) in [5, 5.41) is 10.9. The molecule has 3 fully saturated rings. The van der Waals surface area contributed by atoms with Crippen LogP contribution in [0.4, 0.5) is 5.69 Å². The predicted molar refractivity (Wildman–Crippen MR) is 128 cm³/mol. The highest BCUT2D eigenvalue weighted by atomic mass is 79.9. The first-order valence-electron chi connectivity index (χ1n) is 11.6. The molecular weight excluding hydrogens is 468 g/mol. The zero-order chi connectivity index (χ0) is 22.6. The van der Waals surface area contributed by atoms with Crippen molar-refractivity contribution in [3.8, 4) is 0 Å². The van der Waals surface area contributed by atoms with E-state index in [2.05, 4.69) is 64.6 Å². The highest BCUT2D eigenvalue weighted by Gasteiger charge is 2.56. The number of halogens is 1. The van der Waals surface area contributed by atoms with Crippen LogP contribution >= 0.6 is 15.9 Å². The number of hydrogen-bond acceptors (Lipinski definition) is 4. The van der Waals surface area contributed by atoms with E-state index >= 15 is 0 Å². The van der Waals surface area contributed by atoms with Crippen LogP contribution in [-0.4, -0.2) is 21.7 Å². The fourth-order valence-corrected chi connectivity index (χ4v) is 6.72. The van der Waals surface area contributed by atoms with Gasteiger partial charge in [0.1, 0.15) is 11.0 Å². The van der Waals surface area contributed by atoms with Crippen LogP contribution in [-0.2, 0) is 17.8 Å². The van der Waals surface area contributed by atoms with Gasteiger partial charge in [0.15, 0.2) is 0 Å². The Balaban J connectivity index is 1.25. The monoisotopic (exact) mass is 498 g/mol. The molecule has 4 aliphatic carbocycles. The smallest absolute Gasteiger partial charge is 0.283 e. The van der Waals surface area contributed by atoms with E-state index in [0.717, 1.165) is 31.1 Å². The minimum absolute atomic E-state index is 0.00209. The first-order chi connectivity index (χ1) is 15.3. The van der Waals surface area contributed by atoms with Crippen LogP contribution in [0.15, 0.2) is 39.7 Å². The summed E-state index contributed by atoms with van der Waals surface area (Å²) in [4.78, 5) is 25.5. The number of hydrogen-bond donors (Lipinski definition) is 2. The number of carbonyl (C=O) groups excluding carboxylic acids is 1. The number of aromatic nitrogens is 2. The maximum Gasteiger partial charge on any atom is 0.283 e. The number of anilines is 1. The lowest BCUT2D eigenvalue weighted by Gasteiger charge is -2.62. The Labute approximate surface area is 197 Å². The van der Waals surface area contributed by atoms with Crippen LogP contribution in [0, 0.1) is 23.2 Å². The van der Waals surface area contributed by atoms with Crippen LogP contribution in [0.1, 0.15) is 57.2 Å². The second kappa shape index (κ2) is 8.01. The van der Waals surface area contributed by atoms with Gasteiger partial charge in [-0.25, -0.2) is 4.68 Å². The van der Waals surface area contributed by atoms with Gasteiger partial charge >= 0.3 is 0 Å². The zero-order valence-corrected chi connectivity index (χ0v) is 20.5. The first kappa shape index (κ1) is 21.7. The molecule has 6 nitrogen and oxygen atoms in total. The molecule has 7 heteroatoms. The number of fused-ring (bicyclic) bond motifs is 3. The van der Waals surface area contributed by atoms with E-state index < -0.39 is 0 Å². The van der Waals surface area contributed by atoms with Gasteiger partial charge in [-0.2, -0.15) is 5.10 Å². The summed E-state index contributed by atoms with van der Waals surface area (Å²) >= 11 is 3.46. The highest BCUT2D eigenvalue weighted by Crippen LogP contribution is 2.61. The minimum Gasteiger partial charge on any atom is -0.380 e. The molecule has 2 bridgehead atoms. The number of nitrogens with one attached hydrogen (secondary N) is 2. The van der Waals surface area contributed by atoms with E-state index in [1.165, 1.54) is 22.2 Å². The van der Waals surface area contributed by atoms with Crippen molar-refractivity contribution in [1.29, 1.82) is 0 Å². The molecular formula is C25H31BrN4O2. The molecule has 32 heavy (non-hydrogen) atoms. The number of aryl methyl sites for hydroxylation is 1. The fourth-order valence-electron chi connectivity index (χ4n) is 6.30. The Kier molecular flexibility index (Phi) is 5.43. The summed E-state index contributed by atoms with van der Waals surface area (Å²) in [6.07, 6.45) is 5.95. The van der Waals surface area contributed by atoms with Gasteiger partial charge in [0, 0.05) is 6.04 Å². The van der Waals surface area contributed by atoms with Crippen molar-refractivity contribution in [2.45, 2.75) is 65.1 Å². The average molecular weight is 499 g/mol. The van der Waals surface area contributed by atoms with Crippen LogP contribution in [0.2, 0.25) is 0 Å². The van der Waals surface area contributed by atoms with Gasteiger partial charge in [-0.05, 0) is 75.9 Å². The van der Waals surface area contributed by atoms with Crippen molar-refractivity contribution in [3.05, 3.63) is 56.4 Å². The van der Waals surface area contributed by atoms with E-state index in [4.69, 9.17) is 0 Å². The van der Waals surface area contributed by atoms with Gasteiger partial charge in [0.2, 0.25) is 5.91 Å². The molecule has 0 spiro atoms. The molecule has 5 atom stereocenters. The summed E-state index contributed by atoms with van der Waals surface area (Å²) in [6, 6.07) is 8.53. The van der Waals surface area contributed by atoms with Crippen molar-refractivity contribution in [2.75, 3.05) is 5.32 Å². The molecule has 1 heterocycles. The van der Waals surface area contributed by atoms with Crippen molar-refractivity contribution in [2.24, 2.45) is 23.2 Å². The lowest BCUT2D eigenvalue weighted by atomic mass is 9.45. The molecule has 0 saturated heterocycles. The van der Waals surface area contributed by atoms with Gasteiger partial charge in [-0.1, -0.05) is 45.0 Å². The Morgan fingerprint density at radius 1 is 1.28 bits per heavy atom. The molecule has 1 aromatic carbocycles. The van der Waals surface area contributed by atoms with Crippen LogP contribution in [0.3, 0.4) is 0 Å². The molecule has 1 aromatic heterocycles. The van der Waals surface area contributed by atoms with Gasteiger partial charge < -0.3 is 10.6 Å². The molecule has 0 aliphatic heterocycles. The second-order valence-electron chi connectivity index (χ2n) is 10.4. The predicted octanol–water partition coefficient (Wildman–Crippen LogP) is 4.29. The van der Waals surface area contributed by atoms with E-state index in [1.54, 1.807) is 6.20 Å². The number of carbonyl (C=O) groups is 1. The van der Waals surface area contributed by atoms with Crippen molar-refractivity contribution in [1.82, 2.24) is 15.1 Å². The molecule has 0 radical (unpaired) electrons. The second-order valence-corrected chi connectivity index (χ2v) is 11.2. The molecule has 1 unspecified atom stereocenters. The third-order valence-electron chi connectivity index (χ3n) is 8.44. The Morgan fingerprint density at radius 2 is 2.06 bits per heavy atom. The lowest BCUT2D eigenvalue weighted by molar-refractivity contribution is -0.122. The molecule has 4 aliphatic rings. The molecule has 2 aromatic rings. The van der Waals surface area contributed by atoms with E-state index in [1.807, 2.05) is 12.1 Å². The van der Waals surface area contributed by atoms with E-state index in [0.29, 0.717) is 27.5 Å². The number of nitrogens with zero attached hydrogens (tertiary/aromatic N) is 2. The highest BCUT2D eigenvalue weighted by molar-refractivity contribution is 9.10. The summed E-state index contributed by atoms with van der Waals surface area (Å²) in [7, 11) is 0. The third-order valence-corrected chi connectivity index (χ3v) is 9.21. The largest absolute Gasteiger partial charge is 0.380 e. The number of rotatable bonds is 5. The fraction of sp³-hybridized carbons (Fsp3) is 0.560. The normalized spacial score (nSPS) is 29.7. The van der Waals surface area contributed by atoms with Crippen LogP contribution in [0.25, 0.3) is 0 Å². The average Bonchev–Trinajstić information content (AvgIpc) is 3.17. The summed E-state index contributed by atoms with van der Waals surface area (Å²) < 4.78 is 1.67. The van der Waals surface area contributed by atoms with E-state index in [9.17, 15) is 9.59 Å². The molecule has 2 N–H and O–H groups in total. The van der Waals surface area contributed by atoms with Crippen LogP contribution in [0.5, 0.6) is 0 Å². The van der Waals surface area contributed by atoms with Crippen molar-refractivity contribution < 1.29 is 4.79 Å². The number of benzene rings is 1. The third kappa shape index (κ3) is 3.58.